The smallest absolute Gasteiger partial charge is 0.233 e. The second-order valence-electron chi connectivity index (χ2n) is 7.62. The molecule has 3 aromatic rings. The Labute approximate surface area is 169 Å². The SMILES string of the molecule is COc1ccc2c(c1)[C@@H](c1ccccc1)[C@@](C)(C(=O)Nc1nc(C)c(C)s1)C2. The molecule has 0 bridgehead atoms. The van der Waals surface area contributed by atoms with Gasteiger partial charge in [0.25, 0.3) is 0 Å². The molecule has 1 N–H and O–H groups in total. The first kappa shape index (κ1) is 18.7. The van der Waals surface area contributed by atoms with Crippen LogP contribution in [0.5, 0.6) is 5.75 Å². The number of nitrogens with zero attached hydrogens (tertiary/aromatic N) is 1. The average molecular weight is 393 g/mol. The molecular weight excluding hydrogens is 368 g/mol. The van der Waals surface area contributed by atoms with E-state index in [1.807, 2.05) is 38.1 Å². The van der Waals surface area contributed by atoms with Gasteiger partial charge < -0.3 is 10.1 Å². The van der Waals surface area contributed by atoms with Gasteiger partial charge in [0.15, 0.2) is 5.13 Å². The predicted octanol–water partition coefficient (Wildman–Crippen LogP) is 5.10. The van der Waals surface area contributed by atoms with Crippen molar-refractivity contribution < 1.29 is 9.53 Å². The third-order valence-electron chi connectivity index (χ3n) is 5.76. The van der Waals surface area contributed by atoms with Crippen molar-refractivity contribution >= 4 is 22.4 Å². The van der Waals surface area contributed by atoms with Crippen LogP contribution < -0.4 is 10.1 Å². The quantitative estimate of drug-likeness (QED) is 0.672. The van der Waals surface area contributed by atoms with Crippen molar-refractivity contribution in [2.24, 2.45) is 5.41 Å². The molecule has 144 valence electrons. The van der Waals surface area contributed by atoms with Gasteiger partial charge >= 0.3 is 0 Å². The van der Waals surface area contributed by atoms with E-state index in [0.717, 1.165) is 27.4 Å². The standard InChI is InChI=1S/C23H24N2O2S/c1-14-15(2)28-22(24-14)25-21(26)23(3)13-17-10-11-18(27-4)12-19(17)20(23)16-8-6-5-7-9-16/h5-12,20H,13H2,1-4H3,(H,24,25,26)/t20-,23+/m1/s1. The molecule has 0 spiro atoms. The Morgan fingerprint density at radius 3 is 2.61 bits per heavy atom. The number of ether oxygens (including phenoxy) is 1. The number of amides is 1. The number of aromatic nitrogens is 1. The number of benzene rings is 2. The fraction of sp³-hybridized carbons (Fsp3) is 0.304. The van der Waals surface area contributed by atoms with Crippen LogP contribution in [0.1, 0.15) is 40.1 Å². The van der Waals surface area contributed by atoms with E-state index in [4.69, 9.17) is 4.74 Å². The third-order valence-corrected chi connectivity index (χ3v) is 6.75. The first-order chi connectivity index (χ1) is 13.4. The van der Waals surface area contributed by atoms with E-state index < -0.39 is 5.41 Å². The highest BCUT2D eigenvalue weighted by molar-refractivity contribution is 7.15. The minimum Gasteiger partial charge on any atom is -0.497 e. The number of carbonyl (C=O) groups excluding carboxylic acids is 1. The van der Waals surface area contributed by atoms with Crippen LogP contribution in [0.2, 0.25) is 0 Å². The minimum absolute atomic E-state index is 0.00488. The van der Waals surface area contributed by atoms with E-state index in [0.29, 0.717) is 11.6 Å². The van der Waals surface area contributed by atoms with Crippen LogP contribution in [0.3, 0.4) is 0 Å². The van der Waals surface area contributed by atoms with Crippen molar-refractivity contribution in [1.82, 2.24) is 4.98 Å². The molecular formula is C23H24N2O2S. The summed E-state index contributed by atoms with van der Waals surface area (Å²) >= 11 is 1.52. The van der Waals surface area contributed by atoms with Gasteiger partial charge in [-0.1, -0.05) is 36.4 Å². The second-order valence-corrected chi connectivity index (χ2v) is 8.82. The highest BCUT2D eigenvalue weighted by Crippen LogP contribution is 2.52. The fourth-order valence-electron chi connectivity index (χ4n) is 4.14. The fourth-order valence-corrected chi connectivity index (χ4v) is 4.95. The number of rotatable bonds is 4. The number of anilines is 1. The van der Waals surface area contributed by atoms with Crippen LogP contribution >= 0.6 is 11.3 Å². The highest BCUT2D eigenvalue weighted by Gasteiger charge is 2.49. The summed E-state index contributed by atoms with van der Waals surface area (Å²) in [5.74, 6) is 0.779. The minimum atomic E-state index is -0.608. The lowest BCUT2D eigenvalue weighted by atomic mass is 9.73. The maximum absolute atomic E-state index is 13.5. The molecule has 0 unspecified atom stereocenters. The van der Waals surface area contributed by atoms with E-state index >= 15 is 0 Å². The molecule has 0 aliphatic heterocycles. The van der Waals surface area contributed by atoms with Gasteiger partial charge in [0.2, 0.25) is 5.91 Å². The molecule has 5 heteroatoms. The number of aryl methyl sites for hydroxylation is 2. The van der Waals surface area contributed by atoms with Gasteiger partial charge in [-0.2, -0.15) is 0 Å². The largest absolute Gasteiger partial charge is 0.497 e. The summed E-state index contributed by atoms with van der Waals surface area (Å²) in [5, 5.41) is 3.75. The molecule has 0 saturated heterocycles. The van der Waals surface area contributed by atoms with Gasteiger partial charge in [-0.05, 0) is 56.0 Å². The number of nitrogens with one attached hydrogen (secondary N) is 1. The summed E-state index contributed by atoms with van der Waals surface area (Å²) in [6.07, 6.45) is 0.682. The maximum atomic E-state index is 13.5. The Bertz CT molecular complexity index is 1010. The number of thiazole rings is 1. The molecule has 1 heterocycles. The molecule has 2 aromatic carbocycles. The third kappa shape index (κ3) is 3.10. The van der Waals surface area contributed by atoms with E-state index in [2.05, 4.69) is 41.5 Å². The van der Waals surface area contributed by atoms with Crippen LogP contribution in [-0.4, -0.2) is 18.0 Å². The normalized spacial score (nSPS) is 20.6. The molecule has 0 fully saturated rings. The van der Waals surface area contributed by atoms with Crippen LogP contribution in [-0.2, 0) is 11.2 Å². The molecule has 1 aromatic heterocycles. The van der Waals surface area contributed by atoms with Crippen molar-refractivity contribution in [3.8, 4) is 5.75 Å². The molecule has 0 saturated carbocycles. The van der Waals surface area contributed by atoms with E-state index in [9.17, 15) is 4.79 Å². The van der Waals surface area contributed by atoms with Gasteiger partial charge in [-0.3, -0.25) is 4.79 Å². The van der Waals surface area contributed by atoms with E-state index in [1.54, 1.807) is 7.11 Å². The molecule has 4 nitrogen and oxygen atoms in total. The zero-order chi connectivity index (χ0) is 19.9. The lowest BCUT2D eigenvalue weighted by Gasteiger charge is -2.31. The Morgan fingerprint density at radius 1 is 1.21 bits per heavy atom. The number of carbonyl (C=O) groups is 1. The van der Waals surface area contributed by atoms with Crippen molar-refractivity contribution in [3.63, 3.8) is 0 Å². The second kappa shape index (κ2) is 7.06. The Hall–Kier alpha value is -2.66. The van der Waals surface area contributed by atoms with Gasteiger partial charge in [-0.15, -0.1) is 11.3 Å². The summed E-state index contributed by atoms with van der Waals surface area (Å²) in [7, 11) is 1.67. The number of hydrogen-bond acceptors (Lipinski definition) is 4. The van der Waals surface area contributed by atoms with Gasteiger partial charge in [0, 0.05) is 10.8 Å². The first-order valence-corrected chi connectivity index (χ1v) is 10.2. The lowest BCUT2D eigenvalue weighted by Crippen LogP contribution is -2.37. The maximum Gasteiger partial charge on any atom is 0.233 e. The molecule has 2 atom stereocenters. The van der Waals surface area contributed by atoms with Crippen molar-refractivity contribution in [3.05, 3.63) is 75.8 Å². The van der Waals surface area contributed by atoms with E-state index in [1.165, 1.54) is 16.9 Å². The summed E-state index contributed by atoms with van der Waals surface area (Å²) in [5.41, 5.74) is 3.85. The molecule has 1 aliphatic rings. The van der Waals surface area contributed by atoms with Crippen molar-refractivity contribution in [2.45, 2.75) is 33.1 Å². The number of hydrogen-bond donors (Lipinski definition) is 1. The lowest BCUT2D eigenvalue weighted by molar-refractivity contribution is -0.125. The van der Waals surface area contributed by atoms with Gasteiger partial charge in [0.05, 0.1) is 18.2 Å². The summed E-state index contributed by atoms with van der Waals surface area (Å²) < 4.78 is 5.46. The van der Waals surface area contributed by atoms with Crippen molar-refractivity contribution in [1.29, 1.82) is 0 Å². The van der Waals surface area contributed by atoms with Crippen molar-refractivity contribution in [2.75, 3.05) is 12.4 Å². The van der Waals surface area contributed by atoms with E-state index in [-0.39, 0.29) is 11.8 Å². The van der Waals surface area contributed by atoms with Gasteiger partial charge in [-0.25, -0.2) is 4.98 Å². The zero-order valence-corrected chi connectivity index (χ0v) is 17.4. The molecule has 0 radical (unpaired) electrons. The Balaban J connectivity index is 1.76. The van der Waals surface area contributed by atoms with Crippen LogP contribution in [0.15, 0.2) is 48.5 Å². The first-order valence-electron chi connectivity index (χ1n) is 9.39. The van der Waals surface area contributed by atoms with Crippen LogP contribution in [0, 0.1) is 19.3 Å². The summed E-state index contributed by atoms with van der Waals surface area (Å²) in [4.78, 5) is 19.1. The number of methoxy groups -OCH3 is 1. The summed E-state index contributed by atoms with van der Waals surface area (Å²) in [6, 6.07) is 16.4. The topological polar surface area (TPSA) is 51.2 Å². The zero-order valence-electron chi connectivity index (χ0n) is 16.6. The molecule has 4 rings (SSSR count). The predicted molar refractivity (Wildman–Crippen MR) is 113 cm³/mol. The number of fused-ring (bicyclic) bond motifs is 1. The molecule has 28 heavy (non-hydrogen) atoms. The molecule has 1 amide bonds. The monoisotopic (exact) mass is 392 g/mol. The Morgan fingerprint density at radius 2 is 1.96 bits per heavy atom. The van der Waals surface area contributed by atoms with Crippen LogP contribution in [0.25, 0.3) is 0 Å². The highest BCUT2D eigenvalue weighted by atomic mass is 32.1. The Kier molecular flexibility index (Phi) is 4.71. The van der Waals surface area contributed by atoms with Gasteiger partial charge in [0.1, 0.15) is 5.75 Å². The molecule has 1 aliphatic carbocycles. The average Bonchev–Trinajstić information content (AvgIpc) is 3.17. The van der Waals surface area contributed by atoms with Crippen LogP contribution in [0.4, 0.5) is 5.13 Å². The summed E-state index contributed by atoms with van der Waals surface area (Å²) in [6.45, 7) is 6.04.